The lowest BCUT2D eigenvalue weighted by molar-refractivity contribution is -0.127. The highest BCUT2D eigenvalue weighted by Gasteiger charge is 2.36. The zero-order chi connectivity index (χ0) is 24.1. The van der Waals surface area contributed by atoms with E-state index in [0.717, 1.165) is 49.2 Å². The molecule has 0 radical (unpaired) electrons. The van der Waals surface area contributed by atoms with Crippen molar-refractivity contribution in [2.75, 3.05) is 10.7 Å². The van der Waals surface area contributed by atoms with Crippen LogP contribution in [0.5, 0.6) is 0 Å². The van der Waals surface area contributed by atoms with Crippen LogP contribution in [0.1, 0.15) is 56.6 Å². The molecule has 2 aromatic carbocycles. The van der Waals surface area contributed by atoms with E-state index in [-0.39, 0.29) is 24.3 Å². The van der Waals surface area contributed by atoms with Crippen LogP contribution in [0.2, 0.25) is 10.0 Å². The van der Waals surface area contributed by atoms with Crippen molar-refractivity contribution in [3.8, 4) is 0 Å². The minimum absolute atomic E-state index is 0.0271. The first-order valence-corrected chi connectivity index (χ1v) is 13.3. The van der Waals surface area contributed by atoms with Crippen molar-refractivity contribution in [3.63, 3.8) is 0 Å². The molecule has 4 rings (SSSR count). The van der Waals surface area contributed by atoms with Gasteiger partial charge in [0.1, 0.15) is 11.9 Å². The molecule has 1 fully saturated rings. The van der Waals surface area contributed by atoms with Crippen molar-refractivity contribution in [1.82, 2.24) is 5.32 Å². The monoisotopic (exact) mass is 520 g/mol. The number of halogens is 3. The molecule has 1 aliphatic carbocycles. The molecule has 1 saturated carbocycles. The quantitative estimate of drug-likeness (QED) is 0.424. The number of nitrogens with zero attached hydrogens (tertiary/aromatic N) is 1. The van der Waals surface area contributed by atoms with Gasteiger partial charge in [-0.2, -0.15) is 0 Å². The molecule has 1 unspecified atom stereocenters. The van der Waals surface area contributed by atoms with Crippen molar-refractivity contribution >= 4 is 52.5 Å². The highest BCUT2D eigenvalue weighted by Crippen LogP contribution is 2.37. The number of allylic oxidation sites excluding steroid dienone is 1. The molecule has 2 aromatic rings. The fourth-order valence-corrected chi connectivity index (χ4v) is 5.90. The summed E-state index contributed by atoms with van der Waals surface area (Å²) in [6, 6.07) is 9.55. The number of carbonyl (C=O) groups excluding carboxylic acids is 2. The van der Waals surface area contributed by atoms with E-state index in [4.69, 9.17) is 23.2 Å². The molecule has 1 atom stereocenters. The van der Waals surface area contributed by atoms with Crippen molar-refractivity contribution < 1.29 is 14.0 Å². The van der Waals surface area contributed by atoms with Crippen LogP contribution in [-0.4, -0.2) is 23.6 Å². The van der Waals surface area contributed by atoms with Gasteiger partial charge in [-0.3, -0.25) is 14.5 Å². The van der Waals surface area contributed by atoms with Crippen LogP contribution in [0.4, 0.5) is 10.1 Å². The number of nitrogens with one attached hydrogen (secondary N) is 1. The second kappa shape index (κ2) is 11.6. The summed E-state index contributed by atoms with van der Waals surface area (Å²) >= 11 is 14.5. The van der Waals surface area contributed by atoms with E-state index in [0.29, 0.717) is 21.3 Å². The number of carbonyl (C=O) groups is 2. The average molecular weight is 521 g/mol. The lowest BCUT2D eigenvalue weighted by Gasteiger charge is -2.34. The topological polar surface area (TPSA) is 49.4 Å². The van der Waals surface area contributed by atoms with E-state index >= 15 is 0 Å². The van der Waals surface area contributed by atoms with Crippen LogP contribution in [-0.2, 0) is 9.59 Å². The van der Waals surface area contributed by atoms with Gasteiger partial charge in [-0.25, -0.2) is 4.39 Å². The van der Waals surface area contributed by atoms with E-state index in [1.165, 1.54) is 23.1 Å². The largest absolute Gasteiger partial charge is 0.351 e. The Morgan fingerprint density at radius 1 is 1.12 bits per heavy atom. The first-order chi connectivity index (χ1) is 16.4. The fourth-order valence-electron chi connectivity index (χ4n) is 4.54. The van der Waals surface area contributed by atoms with Gasteiger partial charge in [0.05, 0.1) is 6.42 Å². The van der Waals surface area contributed by atoms with Gasteiger partial charge in [-0.1, -0.05) is 54.6 Å². The number of benzene rings is 2. The van der Waals surface area contributed by atoms with E-state index in [1.54, 1.807) is 36.0 Å². The molecular formula is C26H27Cl2FN2O2S. The van der Waals surface area contributed by atoms with Crippen LogP contribution < -0.4 is 10.2 Å². The van der Waals surface area contributed by atoms with Gasteiger partial charge in [-0.15, -0.1) is 11.8 Å². The van der Waals surface area contributed by atoms with Gasteiger partial charge >= 0.3 is 0 Å². The van der Waals surface area contributed by atoms with Crippen molar-refractivity contribution in [1.29, 1.82) is 0 Å². The summed E-state index contributed by atoms with van der Waals surface area (Å²) in [5, 5.41) is 3.84. The van der Waals surface area contributed by atoms with Crippen molar-refractivity contribution in [3.05, 3.63) is 74.9 Å². The third-order valence-corrected chi connectivity index (χ3v) is 7.87. The normalized spacial score (nSPS) is 17.2. The fraction of sp³-hybridized carbons (Fsp3) is 0.385. The average Bonchev–Trinajstić information content (AvgIpc) is 3.32. The minimum atomic E-state index is -1.09. The summed E-state index contributed by atoms with van der Waals surface area (Å²) in [7, 11) is 0. The van der Waals surface area contributed by atoms with E-state index in [9.17, 15) is 14.0 Å². The number of rotatable bonds is 7. The predicted molar refractivity (Wildman–Crippen MR) is 138 cm³/mol. The van der Waals surface area contributed by atoms with Gasteiger partial charge < -0.3 is 5.32 Å². The summed E-state index contributed by atoms with van der Waals surface area (Å²) in [5.74, 6) is -0.213. The standard InChI is InChI=1S/C26H27Cl2FN2O2S/c27-17-11-12-23(28)22(14-17)25(26(33)30-19-7-2-1-3-8-19)31(20-9-4-6-18(29)15-20)24(32)16-21-10-5-13-34-21/h4,6,9-12,14-15,19,25H,1-3,5,7-8,13,16H2,(H,30,33). The van der Waals surface area contributed by atoms with Crippen molar-refractivity contribution in [2.24, 2.45) is 0 Å². The maximum absolute atomic E-state index is 14.3. The number of amides is 2. The Morgan fingerprint density at radius 3 is 2.62 bits per heavy atom. The molecule has 0 aromatic heterocycles. The Morgan fingerprint density at radius 2 is 1.91 bits per heavy atom. The van der Waals surface area contributed by atoms with Gasteiger partial charge in [-0.05, 0) is 60.6 Å². The SMILES string of the molecule is O=C(NC1CCCCC1)C(c1cc(Cl)ccc1Cl)N(C(=O)CC1=CCCS1)c1cccc(F)c1. The first-order valence-electron chi connectivity index (χ1n) is 11.6. The lowest BCUT2D eigenvalue weighted by Crippen LogP contribution is -2.47. The summed E-state index contributed by atoms with van der Waals surface area (Å²) in [5.41, 5.74) is 0.710. The Kier molecular flexibility index (Phi) is 8.56. The number of anilines is 1. The first kappa shape index (κ1) is 25.1. The molecule has 2 amide bonds. The van der Waals surface area contributed by atoms with Crippen LogP contribution in [0.15, 0.2) is 53.4 Å². The second-order valence-electron chi connectivity index (χ2n) is 8.64. The molecule has 0 spiro atoms. The molecule has 2 aliphatic rings. The summed E-state index contributed by atoms with van der Waals surface area (Å²) in [6.45, 7) is 0. The van der Waals surface area contributed by atoms with E-state index in [1.807, 2.05) is 6.08 Å². The third kappa shape index (κ3) is 6.15. The Labute approximate surface area is 213 Å². The molecule has 1 aliphatic heterocycles. The molecule has 34 heavy (non-hydrogen) atoms. The van der Waals surface area contributed by atoms with Crippen LogP contribution in [0.25, 0.3) is 0 Å². The van der Waals surface area contributed by atoms with Gasteiger partial charge in [0.2, 0.25) is 11.8 Å². The maximum atomic E-state index is 14.3. The van der Waals surface area contributed by atoms with E-state index in [2.05, 4.69) is 5.32 Å². The maximum Gasteiger partial charge on any atom is 0.248 e. The second-order valence-corrected chi connectivity index (χ2v) is 10.7. The van der Waals surface area contributed by atoms with Gasteiger partial charge in [0, 0.05) is 33.1 Å². The Bertz CT molecular complexity index is 1090. The predicted octanol–water partition coefficient (Wildman–Crippen LogP) is 7.07. The summed E-state index contributed by atoms with van der Waals surface area (Å²) < 4.78 is 14.3. The third-order valence-electron chi connectivity index (χ3n) is 6.17. The highest BCUT2D eigenvalue weighted by atomic mass is 35.5. The molecular weight excluding hydrogens is 494 g/mol. The molecule has 0 saturated heterocycles. The molecule has 0 bridgehead atoms. The van der Waals surface area contributed by atoms with Gasteiger partial charge in [0.25, 0.3) is 0 Å². The zero-order valence-corrected chi connectivity index (χ0v) is 21.1. The molecule has 1 heterocycles. The number of hydrogen-bond donors (Lipinski definition) is 1. The summed E-state index contributed by atoms with van der Waals surface area (Å²) in [6.07, 6.45) is 8.09. The lowest BCUT2D eigenvalue weighted by atomic mass is 9.94. The van der Waals surface area contributed by atoms with E-state index < -0.39 is 11.9 Å². The highest BCUT2D eigenvalue weighted by molar-refractivity contribution is 8.03. The molecule has 4 nitrogen and oxygen atoms in total. The Balaban J connectivity index is 1.78. The van der Waals surface area contributed by atoms with Crippen LogP contribution >= 0.6 is 35.0 Å². The minimum Gasteiger partial charge on any atom is -0.351 e. The van der Waals surface area contributed by atoms with Crippen LogP contribution in [0, 0.1) is 5.82 Å². The van der Waals surface area contributed by atoms with Crippen molar-refractivity contribution in [2.45, 2.75) is 57.0 Å². The molecule has 1 N–H and O–H groups in total. The molecule has 8 heteroatoms. The van der Waals surface area contributed by atoms with Gasteiger partial charge in [0.15, 0.2) is 0 Å². The molecule has 180 valence electrons. The number of hydrogen-bond acceptors (Lipinski definition) is 3. The zero-order valence-electron chi connectivity index (χ0n) is 18.7. The summed E-state index contributed by atoms with van der Waals surface area (Å²) in [4.78, 5) is 29.8. The van der Waals surface area contributed by atoms with Crippen LogP contribution in [0.3, 0.4) is 0 Å². The Hall–Kier alpha value is -2.02. The number of thioether (sulfide) groups is 1. The smallest absolute Gasteiger partial charge is 0.248 e.